The number of β-amino-alcohol motifs (C(OH)–C–C–N with tert-alkyl or cyclic N) is 1. The number of aromatic amines is 1. The van der Waals surface area contributed by atoms with Crippen molar-refractivity contribution >= 4 is 0 Å². The van der Waals surface area contributed by atoms with Crippen molar-refractivity contribution in [3.63, 3.8) is 0 Å². The number of hydrogen-bond donors (Lipinski definition) is 2. The van der Waals surface area contributed by atoms with Gasteiger partial charge >= 0.3 is 0 Å². The maximum Gasteiger partial charge on any atom is 0.146 e. The molecule has 0 bridgehead atoms. The van der Waals surface area contributed by atoms with Crippen LogP contribution in [0.3, 0.4) is 0 Å². The number of aliphatic hydroxyl groups is 1. The highest BCUT2D eigenvalue weighted by atomic mass is 16.3. The highest BCUT2D eigenvalue weighted by molar-refractivity contribution is 5.30. The molecule has 0 saturated carbocycles. The Labute approximate surface area is 139 Å². The monoisotopic (exact) mass is 325 g/mol. The van der Waals surface area contributed by atoms with E-state index in [1.807, 2.05) is 35.0 Å². The Morgan fingerprint density at radius 2 is 2.12 bits per heavy atom. The lowest BCUT2D eigenvalue weighted by Crippen LogP contribution is -2.46. The lowest BCUT2D eigenvalue weighted by Gasteiger charge is -2.37. The smallest absolute Gasteiger partial charge is 0.146 e. The maximum absolute atomic E-state index is 10.9. The average Bonchev–Trinajstić information content (AvgIpc) is 3.28. The van der Waals surface area contributed by atoms with Crippen LogP contribution in [-0.2, 0) is 12.1 Å². The van der Waals surface area contributed by atoms with Gasteiger partial charge in [0.1, 0.15) is 23.4 Å². The first-order chi connectivity index (χ1) is 11.7. The molecular formula is C16H19N7O. The van der Waals surface area contributed by atoms with E-state index < -0.39 is 5.60 Å². The van der Waals surface area contributed by atoms with Crippen LogP contribution in [0.2, 0.25) is 0 Å². The number of nitrogens with zero attached hydrogens (tertiary/aromatic N) is 6. The van der Waals surface area contributed by atoms with Crippen molar-refractivity contribution in [2.24, 2.45) is 0 Å². The molecule has 1 aliphatic heterocycles. The van der Waals surface area contributed by atoms with Gasteiger partial charge in [0.05, 0.1) is 18.4 Å². The summed E-state index contributed by atoms with van der Waals surface area (Å²) in [4.78, 5) is 6.57. The predicted octanol–water partition coefficient (Wildman–Crippen LogP) is 0.869. The van der Waals surface area contributed by atoms with Gasteiger partial charge in [-0.1, -0.05) is 18.2 Å². The zero-order chi connectivity index (χ0) is 16.4. The predicted molar refractivity (Wildman–Crippen MR) is 86.1 cm³/mol. The average molecular weight is 325 g/mol. The summed E-state index contributed by atoms with van der Waals surface area (Å²) in [5.41, 5.74) is 0.605. The quantitative estimate of drug-likeness (QED) is 0.739. The van der Waals surface area contributed by atoms with Gasteiger partial charge in [-0.25, -0.2) is 9.67 Å². The number of likely N-dealkylation sites (tertiary alicyclic amines) is 1. The first-order valence-electron chi connectivity index (χ1n) is 8.00. The maximum atomic E-state index is 10.9. The molecule has 0 unspecified atom stereocenters. The topological polar surface area (TPSA) is 95.8 Å². The molecule has 0 spiro atoms. The largest absolute Gasteiger partial charge is 0.382 e. The van der Waals surface area contributed by atoms with E-state index in [1.54, 1.807) is 12.5 Å². The fourth-order valence-corrected chi connectivity index (χ4v) is 3.25. The number of piperidine rings is 1. The van der Waals surface area contributed by atoms with Gasteiger partial charge in [0.2, 0.25) is 0 Å². The number of rotatable bonds is 4. The Bertz CT molecular complexity index is 786. The minimum Gasteiger partial charge on any atom is -0.382 e. The second-order valence-corrected chi connectivity index (χ2v) is 6.12. The van der Waals surface area contributed by atoms with E-state index in [1.165, 1.54) is 0 Å². The third-order valence-electron chi connectivity index (χ3n) is 4.43. The molecule has 2 aromatic heterocycles. The van der Waals surface area contributed by atoms with E-state index in [-0.39, 0.29) is 0 Å². The summed E-state index contributed by atoms with van der Waals surface area (Å²) >= 11 is 0. The van der Waals surface area contributed by atoms with E-state index in [2.05, 4.69) is 30.4 Å². The molecule has 0 aliphatic carbocycles. The lowest BCUT2D eigenvalue weighted by atomic mass is 9.90. The molecule has 0 radical (unpaired) electrons. The van der Waals surface area contributed by atoms with Crippen molar-refractivity contribution < 1.29 is 5.11 Å². The first-order valence-corrected chi connectivity index (χ1v) is 8.00. The standard InChI is InChI=1S/C16H19N7O/c24-16(14-9-18-21-20-14)7-4-8-22(11-16)10-15-17-12-19-23(15)13-5-2-1-3-6-13/h1-3,5-6,9,12,24H,4,7-8,10-11H2,(H,18,20,21)/t16-/m0/s1. The number of hydrogen-bond acceptors (Lipinski definition) is 6. The molecular weight excluding hydrogens is 306 g/mol. The minimum atomic E-state index is -0.969. The summed E-state index contributed by atoms with van der Waals surface area (Å²) in [6.07, 6.45) is 4.73. The third-order valence-corrected chi connectivity index (χ3v) is 4.43. The number of H-pyrrole nitrogens is 1. The van der Waals surface area contributed by atoms with Crippen LogP contribution in [0, 0.1) is 0 Å². The van der Waals surface area contributed by atoms with Gasteiger partial charge in [0.15, 0.2) is 0 Å². The highest BCUT2D eigenvalue weighted by Gasteiger charge is 2.37. The molecule has 0 amide bonds. The van der Waals surface area contributed by atoms with Crippen LogP contribution in [0.25, 0.3) is 5.69 Å². The summed E-state index contributed by atoms with van der Waals surface area (Å²) in [6.45, 7) is 2.03. The van der Waals surface area contributed by atoms with Gasteiger partial charge in [-0.05, 0) is 31.5 Å². The van der Waals surface area contributed by atoms with Crippen LogP contribution in [0.15, 0.2) is 42.9 Å². The van der Waals surface area contributed by atoms with Crippen molar-refractivity contribution in [3.05, 3.63) is 54.4 Å². The van der Waals surface area contributed by atoms with Gasteiger partial charge in [-0.15, -0.1) is 0 Å². The number of aromatic nitrogens is 6. The molecule has 24 heavy (non-hydrogen) atoms. The molecule has 8 nitrogen and oxygen atoms in total. The van der Waals surface area contributed by atoms with Gasteiger partial charge < -0.3 is 5.11 Å². The first kappa shape index (κ1) is 15.0. The van der Waals surface area contributed by atoms with Crippen molar-refractivity contribution in [1.82, 2.24) is 35.1 Å². The molecule has 124 valence electrons. The molecule has 2 N–H and O–H groups in total. The molecule has 1 aromatic carbocycles. The Kier molecular flexibility index (Phi) is 3.83. The van der Waals surface area contributed by atoms with Gasteiger partial charge in [0, 0.05) is 6.54 Å². The van der Waals surface area contributed by atoms with Gasteiger partial charge in [-0.3, -0.25) is 4.90 Å². The van der Waals surface area contributed by atoms with Crippen LogP contribution in [-0.4, -0.2) is 53.3 Å². The molecule has 3 heterocycles. The van der Waals surface area contributed by atoms with E-state index in [4.69, 9.17) is 0 Å². The zero-order valence-electron chi connectivity index (χ0n) is 13.2. The summed E-state index contributed by atoms with van der Waals surface area (Å²) in [5, 5.41) is 25.7. The molecule has 1 atom stereocenters. The second kappa shape index (κ2) is 6.14. The lowest BCUT2D eigenvalue weighted by molar-refractivity contribution is -0.0421. The minimum absolute atomic E-state index is 0.501. The second-order valence-electron chi connectivity index (χ2n) is 6.12. The van der Waals surface area contributed by atoms with E-state index in [0.29, 0.717) is 25.2 Å². The van der Waals surface area contributed by atoms with Crippen LogP contribution in [0.1, 0.15) is 24.4 Å². The normalized spacial score (nSPS) is 21.9. The fraction of sp³-hybridized carbons (Fsp3) is 0.375. The summed E-state index contributed by atoms with van der Waals surface area (Å²) in [7, 11) is 0. The molecule has 1 aliphatic rings. The third kappa shape index (κ3) is 2.81. The number of benzene rings is 1. The SMILES string of the molecule is O[C@@]1(c2cn[nH]n2)CCCN(Cc2ncnn2-c2ccccc2)C1. The Hall–Kier alpha value is -2.58. The molecule has 3 aromatic rings. The number of para-hydroxylation sites is 1. The molecule has 1 saturated heterocycles. The number of nitrogens with one attached hydrogen (secondary N) is 1. The molecule has 8 heteroatoms. The van der Waals surface area contributed by atoms with E-state index in [9.17, 15) is 5.11 Å². The summed E-state index contributed by atoms with van der Waals surface area (Å²) in [5.74, 6) is 0.852. The van der Waals surface area contributed by atoms with Gasteiger partial charge in [-0.2, -0.15) is 20.5 Å². The van der Waals surface area contributed by atoms with Crippen molar-refractivity contribution in [2.45, 2.75) is 25.0 Å². The van der Waals surface area contributed by atoms with Crippen molar-refractivity contribution in [2.75, 3.05) is 13.1 Å². The van der Waals surface area contributed by atoms with E-state index >= 15 is 0 Å². The Balaban J connectivity index is 1.53. The van der Waals surface area contributed by atoms with Crippen molar-refractivity contribution in [3.8, 4) is 5.69 Å². The highest BCUT2D eigenvalue weighted by Crippen LogP contribution is 2.30. The molecule has 1 fully saturated rings. The fourth-order valence-electron chi connectivity index (χ4n) is 3.25. The Morgan fingerprint density at radius 3 is 2.92 bits per heavy atom. The van der Waals surface area contributed by atoms with Crippen LogP contribution in [0.5, 0.6) is 0 Å². The summed E-state index contributed by atoms with van der Waals surface area (Å²) in [6, 6.07) is 9.93. The van der Waals surface area contributed by atoms with Crippen LogP contribution < -0.4 is 0 Å². The van der Waals surface area contributed by atoms with Gasteiger partial charge in [0.25, 0.3) is 0 Å². The van der Waals surface area contributed by atoms with Crippen LogP contribution in [0.4, 0.5) is 0 Å². The van der Waals surface area contributed by atoms with Crippen molar-refractivity contribution in [1.29, 1.82) is 0 Å². The zero-order valence-corrected chi connectivity index (χ0v) is 13.2. The van der Waals surface area contributed by atoms with E-state index in [0.717, 1.165) is 24.5 Å². The Morgan fingerprint density at radius 1 is 1.25 bits per heavy atom. The van der Waals surface area contributed by atoms with Crippen LogP contribution >= 0.6 is 0 Å². The summed E-state index contributed by atoms with van der Waals surface area (Å²) < 4.78 is 1.84. The molecule has 4 rings (SSSR count).